The molecule has 1 saturated heterocycles. The fraction of sp³-hybridized carbons (Fsp3) is 0.280. The molecule has 1 aromatic heterocycles. The van der Waals surface area contributed by atoms with E-state index >= 15 is 0 Å². The Balaban J connectivity index is 1.42. The molecule has 1 atom stereocenters. The molecule has 3 heterocycles. The fourth-order valence-electron chi connectivity index (χ4n) is 4.65. The van der Waals surface area contributed by atoms with E-state index < -0.39 is 0 Å². The van der Waals surface area contributed by atoms with Gasteiger partial charge < -0.3 is 15.1 Å². The predicted octanol–water partition coefficient (Wildman–Crippen LogP) is 3.97. The van der Waals surface area contributed by atoms with Gasteiger partial charge in [-0.15, -0.1) is 0 Å². The van der Waals surface area contributed by atoms with E-state index in [0.29, 0.717) is 26.2 Å². The van der Waals surface area contributed by atoms with Crippen molar-refractivity contribution >= 4 is 17.4 Å². The van der Waals surface area contributed by atoms with Crippen LogP contribution in [0.15, 0.2) is 72.1 Å². The lowest BCUT2D eigenvalue weighted by Gasteiger charge is -2.38. The smallest absolute Gasteiger partial charge is 0.254 e. The van der Waals surface area contributed by atoms with Gasteiger partial charge in [-0.2, -0.15) is 5.10 Å². The molecular weight excluding hydrogens is 405 g/mol. The summed E-state index contributed by atoms with van der Waals surface area (Å²) in [6, 6.07) is 16.3. The molecule has 3 aromatic rings. The van der Waals surface area contributed by atoms with E-state index in [0.717, 1.165) is 33.9 Å². The Hall–Kier alpha value is -3.61. The summed E-state index contributed by atoms with van der Waals surface area (Å²) in [6.45, 7) is 6.67. The monoisotopic (exact) mass is 431 g/mol. The Morgan fingerprint density at radius 3 is 2.44 bits per heavy atom. The lowest BCUT2D eigenvalue weighted by Crippen LogP contribution is -2.50. The van der Waals surface area contributed by atoms with Gasteiger partial charge in [-0.1, -0.05) is 24.3 Å². The molecule has 7 heteroatoms. The Kier molecular flexibility index (Phi) is 5.17. The number of halogens is 1. The van der Waals surface area contributed by atoms with Crippen LogP contribution in [-0.2, 0) is 4.79 Å². The summed E-state index contributed by atoms with van der Waals surface area (Å²) in [7, 11) is 0. The van der Waals surface area contributed by atoms with Crippen LogP contribution in [-0.4, -0.2) is 46.8 Å². The quantitative estimate of drug-likeness (QED) is 0.682. The molecule has 6 nitrogen and oxygen atoms in total. The molecule has 1 amide bonds. The Bertz CT molecular complexity index is 1180. The number of carbonyl (C=O) groups excluding carboxylic acids is 1. The standard InChI is InChI=1S/C25H26FN5O/c1-17-5-3-4-6-21(17)24-23(18(2)28-22-11-12-27-31(22)24)25(32)30-15-13-29(14-16-30)20-9-7-19(26)8-10-20/h3-12,24,28H,13-16H2,1-2H3. The Morgan fingerprint density at radius 1 is 1.00 bits per heavy atom. The highest BCUT2D eigenvalue weighted by Gasteiger charge is 2.36. The summed E-state index contributed by atoms with van der Waals surface area (Å²) in [5.74, 6) is 0.673. The SMILES string of the molecule is CC1=C(C(=O)N2CCN(c3ccc(F)cc3)CC2)C(c2ccccc2C)n2nccc2N1. The second-order valence-corrected chi connectivity index (χ2v) is 8.34. The zero-order chi connectivity index (χ0) is 22.2. The van der Waals surface area contributed by atoms with Crippen LogP contribution in [0.3, 0.4) is 0 Å². The lowest BCUT2D eigenvalue weighted by atomic mass is 9.91. The average Bonchev–Trinajstić information content (AvgIpc) is 3.27. The minimum absolute atomic E-state index is 0.0307. The molecule has 0 bridgehead atoms. The molecule has 0 radical (unpaired) electrons. The van der Waals surface area contributed by atoms with Crippen molar-refractivity contribution in [2.45, 2.75) is 19.9 Å². The van der Waals surface area contributed by atoms with Gasteiger partial charge in [0.15, 0.2) is 0 Å². The average molecular weight is 432 g/mol. The number of benzene rings is 2. The van der Waals surface area contributed by atoms with Crippen LogP contribution in [0.4, 0.5) is 15.9 Å². The second kappa shape index (κ2) is 8.15. The minimum Gasteiger partial charge on any atom is -0.368 e. The summed E-state index contributed by atoms with van der Waals surface area (Å²) < 4.78 is 15.2. The highest BCUT2D eigenvalue weighted by Crippen LogP contribution is 2.37. The number of aryl methyl sites for hydroxylation is 1. The Labute approximate surface area is 186 Å². The number of hydrogen-bond donors (Lipinski definition) is 1. The van der Waals surface area contributed by atoms with Crippen molar-refractivity contribution in [3.8, 4) is 0 Å². The van der Waals surface area contributed by atoms with Gasteiger partial charge in [0.25, 0.3) is 5.91 Å². The number of allylic oxidation sites excluding steroid dienone is 1. The third-order valence-corrected chi connectivity index (χ3v) is 6.38. The minimum atomic E-state index is -0.273. The van der Waals surface area contributed by atoms with Crippen molar-refractivity contribution in [2.24, 2.45) is 0 Å². The third kappa shape index (κ3) is 3.53. The van der Waals surface area contributed by atoms with Gasteiger partial charge >= 0.3 is 0 Å². The fourth-order valence-corrected chi connectivity index (χ4v) is 4.65. The van der Waals surface area contributed by atoms with E-state index in [4.69, 9.17) is 0 Å². The van der Waals surface area contributed by atoms with E-state index in [2.05, 4.69) is 34.4 Å². The van der Waals surface area contributed by atoms with Gasteiger partial charge in [-0.05, 0) is 49.2 Å². The predicted molar refractivity (Wildman–Crippen MR) is 123 cm³/mol. The molecule has 1 fully saturated rings. The first-order chi connectivity index (χ1) is 15.5. The van der Waals surface area contributed by atoms with Gasteiger partial charge in [-0.25, -0.2) is 9.07 Å². The zero-order valence-corrected chi connectivity index (χ0v) is 18.3. The van der Waals surface area contributed by atoms with Crippen LogP contribution in [0.1, 0.15) is 24.1 Å². The second-order valence-electron chi connectivity index (χ2n) is 8.34. The summed E-state index contributed by atoms with van der Waals surface area (Å²) in [5.41, 5.74) is 4.77. The van der Waals surface area contributed by atoms with Crippen molar-refractivity contribution in [3.63, 3.8) is 0 Å². The van der Waals surface area contributed by atoms with Crippen molar-refractivity contribution in [2.75, 3.05) is 36.4 Å². The van der Waals surface area contributed by atoms with E-state index in [9.17, 15) is 9.18 Å². The highest BCUT2D eigenvalue weighted by atomic mass is 19.1. The van der Waals surface area contributed by atoms with Crippen molar-refractivity contribution < 1.29 is 9.18 Å². The van der Waals surface area contributed by atoms with Crippen LogP contribution in [0.5, 0.6) is 0 Å². The van der Waals surface area contributed by atoms with E-state index in [1.165, 1.54) is 12.1 Å². The molecule has 2 aliphatic heterocycles. The van der Waals surface area contributed by atoms with E-state index in [1.807, 2.05) is 34.7 Å². The van der Waals surface area contributed by atoms with Crippen LogP contribution in [0, 0.1) is 12.7 Å². The molecular formula is C25H26FN5O. The molecule has 1 unspecified atom stereocenters. The number of rotatable bonds is 3. The van der Waals surface area contributed by atoms with Crippen LogP contribution in [0.25, 0.3) is 0 Å². The number of nitrogens with zero attached hydrogens (tertiary/aromatic N) is 4. The normalized spacial score (nSPS) is 18.4. The number of hydrogen-bond acceptors (Lipinski definition) is 4. The Morgan fingerprint density at radius 2 is 1.72 bits per heavy atom. The van der Waals surface area contributed by atoms with E-state index in [-0.39, 0.29) is 17.8 Å². The molecule has 5 rings (SSSR count). The topological polar surface area (TPSA) is 53.4 Å². The van der Waals surface area contributed by atoms with E-state index in [1.54, 1.807) is 18.3 Å². The highest BCUT2D eigenvalue weighted by molar-refractivity contribution is 5.97. The molecule has 2 aromatic carbocycles. The summed E-state index contributed by atoms with van der Waals surface area (Å²) in [5, 5.41) is 7.89. The maximum absolute atomic E-state index is 13.8. The largest absolute Gasteiger partial charge is 0.368 e. The summed E-state index contributed by atoms with van der Waals surface area (Å²) in [4.78, 5) is 17.9. The van der Waals surface area contributed by atoms with Gasteiger partial charge in [0.1, 0.15) is 17.7 Å². The van der Waals surface area contributed by atoms with Crippen molar-refractivity contribution in [3.05, 3.63) is 89.0 Å². The van der Waals surface area contributed by atoms with Gasteiger partial charge in [0.2, 0.25) is 0 Å². The molecule has 2 aliphatic rings. The van der Waals surface area contributed by atoms with Crippen LogP contribution in [0.2, 0.25) is 0 Å². The van der Waals surface area contributed by atoms with Crippen LogP contribution < -0.4 is 10.2 Å². The molecule has 32 heavy (non-hydrogen) atoms. The molecule has 164 valence electrons. The molecule has 0 spiro atoms. The van der Waals surface area contributed by atoms with Crippen LogP contribution >= 0.6 is 0 Å². The van der Waals surface area contributed by atoms with Crippen molar-refractivity contribution in [1.82, 2.24) is 14.7 Å². The first-order valence-corrected chi connectivity index (χ1v) is 10.9. The van der Waals surface area contributed by atoms with Gasteiger partial charge in [0, 0.05) is 43.6 Å². The molecule has 1 N–H and O–H groups in total. The molecule has 0 saturated carbocycles. The number of fused-ring (bicyclic) bond motifs is 1. The maximum Gasteiger partial charge on any atom is 0.254 e. The third-order valence-electron chi connectivity index (χ3n) is 6.38. The number of aromatic nitrogens is 2. The number of piperazine rings is 1. The van der Waals surface area contributed by atoms with Crippen molar-refractivity contribution in [1.29, 1.82) is 0 Å². The number of anilines is 2. The summed E-state index contributed by atoms with van der Waals surface area (Å²) in [6.07, 6.45) is 1.76. The number of carbonyl (C=O) groups is 1. The maximum atomic E-state index is 13.8. The lowest BCUT2D eigenvalue weighted by molar-refractivity contribution is -0.127. The van der Waals surface area contributed by atoms with Gasteiger partial charge in [-0.3, -0.25) is 4.79 Å². The summed E-state index contributed by atoms with van der Waals surface area (Å²) >= 11 is 0. The first-order valence-electron chi connectivity index (χ1n) is 10.9. The first kappa shape index (κ1) is 20.3. The van der Waals surface area contributed by atoms with Gasteiger partial charge in [0.05, 0.1) is 11.8 Å². The number of amides is 1. The molecule has 0 aliphatic carbocycles. The zero-order valence-electron chi connectivity index (χ0n) is 18.3. The number of nitrogens with one attached hydrogen (secondary N) is 1.